The third-order valence-corrected chi connectivity index (χ3v) is 6.90. The molecule has 0 bridgehead atoms. The molecule has 1 aliphatic heterocycles. The average Bonchev–Trinajstić information content (AvgIpc) is 2.92. The van der Waals surface area contributed by atoms with Crippen LogP contribution in [-0.2, 0) is 28.4 Å². The second-order valence-corrected chi connectivity index (χ2v) is 10.0. The number of ether oxygens (including phenoxy) is 2. The van der Waals surface area contributed by atoms with Crippen molar-refractivity contribution < 1.29 is 54.9 Å². The molecule has 2 aromatic rings. The van der Waals surface area contributed by atoms with Crippen LogP contribution in [-0.4, -0.2) is 73.1 Å². The molecule has 2 N–H and O–H groups in total. The molecule has 3 amide bonds. The standard InChI is InChI=1S/C28H32F7N3O5/c1-17-11-21(29)3-4-23(17)24-15-22(43-25(40)36-6-9-39)5-7-38(24)26(41)37(8-10-42-2)16-18-12-19(27(30,31)32)14-20(13-18)28(33,34)35/h3-4,11-14,22,24,39H,5-10,15-16H2,1-2H3,(H,36,40)/t22-,24+/m0/s1. The molecule has 1 fully saturated rings. The lowest BCUT2D eigenvalue weighted by molar-refractivity contribution is -0.143. The number of alkyl halides is 6. The molecule has 1 saturated heterocycles. The highest BCUT2D eigenvalue weighted by atomic mass is 19.4. The third-order valence-electron chi connectivity index (χ3n) is 6.90. The van der Waals surface area contributed by atoms with Gasteiger partial charge in [-0.1, -0.05) is 6.07 Å². The molecule has 238 valence electrons. The van der Waals surface area contributed by atoms with E-state index in [1.807, 2.05) is 0 Å². The summed E-state index contributed by atoms with van der Waals surface area (Å²) in [5.41, 5.74) is -2.41. The van der Waals surface area contributed by atoms with Gasteiger partial charge in [-0.25, -0.2) is 14.0 Å². The van der Waals surface area contributed by atoms with E-state index >= 15 is 0 Å². The first-order valence-corrected chi connectivity index (χ1v) is 13.3. The van der Waals surface area contributed by atoms with Crippen molar-refractivity contribution in [2.24, 2.45) is 0 Å². The summed E-state index contributed by atoms with van der Waals surface area (Å²) in [6.45, 7) is 0.430. The third kappa shape index (κ3) is 9.20. The number of rotatable bonds is 9. The van der Waals surface area contributed by atoms with Gasteiger partial charge in [0.05, 0.1) is 30.4 Å². The van der Waals surface area contributed by atoms with E-state index in [2.05, 4.69) is 5.32 Å². The van der Waals surface area contributed by atoms with Crippen molar-refractivity contribution in [3.8, 4) is 0 Å². The summed E-state index contributed by atoms with van der Waals surface area (Å²) >= 11 is 0. The second-order valence-electron chi connectivity index (χ2n) is 10.0. The van der Waals surface area contributed by atoms with Crippen molar-refractivity contribution in [3.05, 3.63) is 70.0 Å². The summed E-state index contributed by atoms with van der Waals surface area (Å²) in [4.78, 5) is 28.5. The zero-order valence-corrected chi connectivity index (χ0v) is 23.4. The predicted molar refractivity (Wildman–Crippen MR) is 139 cm³/mol. The molecule has 1 aliphatic rings. The number of halogens is 7. The van der Waals surface area contributed by atoms with Gasteiger partial charge in [0.1, 0.15) is 11.9 Å². The summed E-state index contributed by atoms with van der Waals surface area (Å²) in [7, 11) is 1.32. The zero-order valence-electron chi connectivity index (χ0n) is 23.4. The number of likely N-dealkylation sites (tertiary alicyclic amines) is 1. The minimum absolute atomic E-state index is 0.00185. The number of carbonyl (C=O) groups excluding carboxylic acids is 2. The maximum absolute atomic E-state index is 13.9. The highest BCUT2D eigenvalue weighted by molar-refractivity contribution is 5.75. The smallest absolute Gasteiger partial charge is 0.416 e. The number of methoxy groups -OCH3 is 1. The topological polar surface area (TPSA) is 91.3 Å². The number of urea groups is 1. The molecule has 0 saturated carbocycles. The Labute approximate surface area is 243 Å². The van der Waals surface area contributed by atoms with Crippen LogP contribution < -0.4 is 5.32 Å². The lowest BCUT2D eigenvalue weighted by Gasteiger charge is -2.42. The van der Waals surface area contributed by atoms with Crippen molar-refractivity contribution in [1.29, 1.82) is 0 Å². The number of alkyl carbamates (subject to hydrolysis) is 1. The Kier molecular flexibility index (Phi) is 11.2. The molecule has 0 aromatic heterocycles. The Morgan fingerprint density at radius 1 is 1.07 bits per heavy atom. The van der Waals surface area contributed by atoms with Gasteiger partial charge in [-0.3, -0.25) is 0 Å². The summed E-state index contributed by atoms with van der Waals surface area (Å²) in [6.07, 6.45) is -11.4. The summed E-state index contributed by atoms with van der Waals surface area (Å²) in [5.74, 6) is -0.530. The number of aliphatic hydroxyl groups excluding tert-OH is 1. The number of hydrogen-bond acceptors (Lipinski definition) is 5. The van der Waals surface area contributed by atoms with Gasteiger partial charge in [0.2, 0.25) is 0 Å². The maximum atomic E-state index is 13.9. The molecule has 0 unspecified atom stereocenters. The van der Waals surface area contributed by atoms with Crippen molar-refractivity contribution in [2.45, 2.75) is 50.8 Å². The molecule has 2 atom stereocenters. The number of aryl methyl sites for hydroxylation is 1. The highest BCUT2D eigenvalue weighted by Gasteiger charge is 2.39. The van der Waals surface area contributed by atoms with E-state index in [9.17, 15) is 40.3 Å². The van der Waals surface area contributed by atoms with Crippen LogP contribution in [0.25, 0.3) is 0 Å². The molecule has 0 aliphatic carbocycles. The molecule has 0 spiro atoms. The van der Waals surface area contributed by atoms with Crippen LogP contribution in [0, 0.1) is 12.7 Å². The Bertz CT molecular complexity index is 1240. The molecule has 0 radical (unpaired) electrons. The molecule has 1 heterocycles. The fraction of sp³-hybridized carbons (Fsp3) is 0.500. The van der Waals surface area contributed by atoms with Crippen LogP contribution in [0.5, 0.6) is 0 Å². The van der Waals surface area contributed by atoms with Crippen molar-refractivity contribution in [1.82, 2.24) is 15.1 Å². The van der Waals surface area contributed by atoms with Crippen LogP contribution in [0.1, 0.15) is 46.7 Å². The average molecular weight is 624 g/mol. The van der Waals surface area contributed by atoms with E-state index in [1.165, 1.54) is 30.2 Å². The first kappa shape index (κ1) is 33.9. The number of nitrogens with zero attached hydrogens (tertiary/aromatic N) is 2. The largest absolute Gasteiger partial charge is 0.446 e. The van der Waals surface area contributed by atoms with Crippen molar-refractivity contribution in [3.63, 3.8) is 0 Å². The van der Waals surface area contributed by atoms with Crippen molar-refractivity contribution >= 4 is 12.1 Å². The van der Waals surface area contributed by atoms with Gasteiger partial charge in [-0.2, -0.15) is 26.3 Å². The first-order valence-electron chi connectivity index (χ1n) is 13.3. The van der Waals surface area contributed by atoms with Gasteiger partial charge in [0, 0.05) is 46.1 Å². The van der Waals surface area contributed by atoms with Crippen LogP contribution in [0.2, 0.25) is 0 Å². The van der Waals surface area contributed by atoms with Gasteiger partial charge in [0.15, 0.2) is 0 Å². The van der Waals surface area contributed by atoms with E-state index in [1.54, 1.807) is 6.92 Å². The predicted octanol–water partition coefficient (Wildman–Crippen LogP) is 5.66. The highest BCUT2D eigenvalue weighted by Crippen LogP contribution is 2.38. The number of hydrogen-bond donors (Lipinski definition) is 2. The van der Waals surface area contributed by atoms with Crippen LogP contribution >= 0.6 is 0 Å². The molecule has 43 heavy (non-hydrogen) atoms. The van der Waals surface area contributed by atoms with Crippen LogP contribution in [0.4, 0.5) is 40.3 Å². The zero-order chi connectivity index (χ0) is 31.9. The van der Waals surface area contributed by atoms with E-state index in [0.29, 0.717) is 23.3 Å². The van der Waals surface area contributed by atoms with Gasteiger partial charge in [0.25, 0.3) is 0 Å². The lowest BCUT2D eigenvalue weighted by Crippen LogP contribution is -2.50. The van der Waals surface area contributed by atoms with E-state index in [-0.39, 0.29) is 57.3 Å². The summed E-state index contributed by atoms with van der Waals surface area (Å²) in [6, 6.07) is 3.55. The van der Waals surface area contributed by atoms with Crippen LogP contribution in [0.15, 0.2) is 36.4 Å². The molecule has 15 heteroatoms. The fourth-order valence-electron chi connectivity index (χ4n) is 4.88. The Morgan fingerprint density at radius 2 is 1.72 bits per heavy atom. The van der Waals surface area contributed by atoms with Gasteiger partial charge < -0.3 is 29.7 Å². The minimum atomic E-state index is -5.06. The van der Waals surface area contributed by atoms with Gasteiger partial charge >= 0.3 is 24.5 Å². The number of amides is 3. The SMILES string of the molecule is COCCN(Cc1cc(C(F)(F)F)cc(C(F)(F)F)c1)C(=O)N1CC[C@H](OC(=O)NCCO)C[C@@H]1c1ccc(F)cc1C. The van der Waals surface area contributed by atoms with Gasteiger partial charge in [-0.05, 0) is 53.9 Å². The van der Waals surface area contributed by atoms with Crippen molar-refractivity contribution in [2.75, 3.05) is 40.0 Å². The Morgan fingerprint density at radius 3 is 2.28 bits per heavy atom. The molecule has 8 nitrogen and oxygen atoms in total. The Balaban J connectivity index is 1.97. The van der Waals surface area contributed by atoms with Crippen LogP contribution in [0.3, 0.4) is 0 Å². The normalized spacial score (nSPS) is 17.5. The second kappa shape index (κ2) is 14.3. The number of carbonyl (C=O) groups is 2. The number of piperidine rings is 1. The van der Waals surface area contributed by atoms with Gasteiger partial charge in [-0.15, -0.1) is 0 Å². The quantitative estimate of drug-likeness (QED) is 0.352. The molecular formula is C28H32F7N3O5. The first-order chi connectivity index (χ1) is 20.1. The Hall–Kier alpha value is -3.59. The molecule has 3 rings (SSSR count). The molecule has 2 aromatic carbocycles. The van der Waals surface area contributed by atoms with E-state index in [4.69, 9.17) is 14.6 Å². The monoisotopic (exact) mass is 623 g/mol. The van der Waals surface area contributed by atoms with E-state index < -0.39 is 60.1 Å². The van der Waals surface area contributed by atoms with E-state index in [0.717, 1.165) is 4.90 Å². The lowest BCUT2D eigenvalue weighted by atomic mass is 9.90. The molecular weight excluding hydrogens is 591 g/mol. The summed E-state index contributed by atoms with van der Waals surface area (Å²) in [5, 5.41) is 11.3. The fourth-order valence-corrected chi connectivity index (χ4v) is 4.88. The number of benzene rings is 2. The summed E-state index contributed by atoms with van der Waals surface area (Å²) < 4.78 is 105. The maximum Gasteiger partial charge on any atom is 0.416 e. The number of aliphatic hydroxyl groups is 1. The number of nitrogens with one attached hydrogen (secondary N) is 1. The minimum Gasteiger partial charge on any atom is -0.446 e.